The van der Waals surface area contributed by atoms with Crippen LogP contribution in [-0.4, -0.2) is 31.2 Å². The van der Waals surface area contributed by atoms with Gasteiger partial charge in [0.2, 0.25) is 10.0 Å². The van der Waals surface area contributed by atoms with Crippen LogP contribution in [0.4, 0.5) is 5.69 Å². The molecule has 1 fully saturated rings. The molecule has 3 rings (SSSR count). The molecule has 1 atom stereocenters. The molecule has 2 aromatic carbocycles. The summed E-state index contributed by atoms with van der Waals surface area (Å²) in [6.45, 7) is 4.30. The maximum Gasteiger partial charge on any atom is 0.255 e. The van der Waals surface area contributed by atoms with Crippen LogP contribution in [0.5, 0.6) is 0 Å². The summed E-state index contributed by atoms with van der Waals surface area (Å²) in [4.78, 5) is 12.7. The van der Waals surface area contributed by atoms with Crippen molar-refractivity contribution in [2.45, 2.75) is 44.0 Å². The molecule has 1 aliphatic rings. The van der Waals surface area contributed by atoms with E-state index in [4.69, 9.17) is 11.6 Å². The fourth-order valence-corrected chi connectivity index (χ4v) is 5.15. The number of carbonyl (C=O) groups excluding carboxylic acids is 1. The Morgan fingerprint density at radius 1 is 1.15 bits per heavy atom. The minimum Gasteiger partial charge on any atom is -0.322 e. The number of hydrogen-bond acceptors (Lipinski definition) is 3. The maximum atomic E-state index is 12.9. The summed E-state index contributed by atoms with van der Waals surface area (Å²) >= 11 is 6.08. The first-order chi connectivity index (χ1) is 12.8. The van der Waals surface area contributed by atoms with Crippen molar-refractivity contribution in [1.29, 1.82) is 0 Å². The molecule has 1 heterocycles. The van der Waals surface area contributed by atoms with Crippen LogP contribution in [0.2, 0.25) is 5.02 Å². The lowest BCUT2D eigenvalue weighted by Gasteiger charge is -2.32. The molecule has 0 aromatic heterocycles. The Balaban J connectivity index is 1.78. The van der Waals surface area contributed by atoms with E-state index in [-0.39, 0.29) is 16.8 Å². The van der Waals surface area contributed by atoms with Gasteiger partial charge in [-0.05, 0) is 68.7 Å². The van der Waals surface area contributed by atoms with Gasteiger partial charge in [0.15, 0.2) is 0 Å². The number of anilines is 1. The molecule has 0 aliphatic carbocycles. The Labute approximate surface area is 165 Å². The van der Waals surface area contributed by atoms with Gasteiger partial charge in [-0.2, -0.15) is 4.31 Å². The average molecular weight is 407 g/mol. The van der Waals surface area contributed by atoms with E-state index in [0.29, 0.717) is 22.8 Å². The van der Waals surface area contributed by atoms with Crippen molar-refractivity contribution >= 4 is 33.2 Å². The molecule has 1 unspecified atom stereocenters. The van der Waals surface area contributed by atoms with Crippen LogP contribution in [0.3, 0.4) is 0 Å². The monoisotopic (exact) mass is 406 g/mol. The highest BCUT2D eigenvalue weighted by Gasteiger charge is 2.30. The van der Waals surface area contributed by atoms with Crippen LogP contribution in [0, 0.1) is 6.92 Å². The van der Waals surface area contributed by atoms with E-state index in [1.54, 1.807) is 22.5 Å². The van der Waals surface area contributed by atoms with Crippen LogP contribution in [0.25, 0.3) is 0 Å². The van der Waals surface area contributed by atoms with Crippen molar-refractivity contribution < 1.29 is 13.2 Å². The van der Waals surface area contributed by atoms with Gasteiger partial charge in [-0.1, -0.05) is 24.1 Å². The van der Waals surface area contributed by atoms with Gasteiger partial charge >= 0.3 is 0 Å². The minimum absolute atomic E-state index is 0.00229. The quantitative estimate of drug-likeness (QED) is 0.814. The second kappa shape index (κ2) is 8.00. The highest BCUT2D eigenvalue weighted by Crippen LogP contribution is 2.26. The van der Waals surface area contributed by atoms with Gasteiger partial charge in [0, 0.05) is 28.9 Å². The maximum absolute atomic E-state index is 12.9. The third-order valence-corrected chi connectivity index (χ3v) is 7.42. The normalized spacial score (nSPS) is 18.3. The van der Waals surface area contributed by atoms with Crippen LogP contribution in [0.15, 0.2) is 47.4 Å². The van der Waals surface area contributed by atoms with E-state index in [1.807, 2.05) is 13.8 Å². The van der Waals surface area contributed by atoms with Gasteiger partial charge in [-0.25, -0.2) is 8.42 Å². The van der Waals surface area contributed by atoms with Crippen molar-refractivity contribution in [2.75, 3.05) is 11.9 Å². The van der Waals surface area contributed by atoms with E-state index in [0.717, 1.165) is 24.8 Å². The second-order valence-corrected chi connectivity index (χ2v) is 9.15. The van der Waals surface area contributed by atoms with E-state index in [1.165, 1.54) is 24.3 Å². The SMILES string of the molecule is Cc1c(Cl)cccc1NC(=O)c1ccc(S(=O)(=O)N2CCCCC2C)cc1. The lowest BCUT2D eigenvalue weighted by Crippen LogP contribution is -2.41. The molecule has 5 nitrogen and oxygen atoms in total. The number of halogens is 1. The van der Waals surface area contributed by atoms with Crippen LogP contribution < -0.4 is 5.32 Å². The summed E-state index contributed by atoms with van der Waals surface area (Å²) in [7, 11) is -3.54. The number of nitrogens with zero attached hydrogens (tertiary/aromatic N) is 1. The number of piperidine rings is 1. The zero-order valence-corrected chi connectivity index (χ0v) is 17.0. The van der Waals surface area contributed by atoms with E-state index in [2.05, 4.69) is 5.32 Å². The van der Waals surface area contributed by atoms with Crippen LogP contribution in [0.1, 0.15) is 42.1 Å². The molecule has 1 amide bonds. The number of benzene rings is 2. The van der Waals surface area contributed by atoms with E-state index in [9.17, 15) is 13.2 Å². The van der Waals surface area contributed by atoms with Crippen LogP contribution >= 0.6 is 11.6 Å². The molecule has 0 bridgehead atoms. The molecule has 1 aliphatic heterocycles. The number of hydrogen-bond donors (Lipinski definition) is 1. The standard InChI is InChI=1S/C20H23ClN2O3S/c1-14-6-3-4-13-23(14)27(25,26)17-11-9-16(10-12-17)20(24)22-19-8-5-7-18(21)15(19)2/h5,7-12,14H,3-4,6,13H2,1-2H3,(H,22,24). The first-order valence-corrected chi connectivity index (χ1v) is 10.8. The third kappa shape index (κ3) is 4.18. The van der Waals surface area contributed by atoms with Crippen molar-refractivity contribution in [2.24, 2.45) is 0 Å². The molecule has 144 valence electrons. The largest absolute Gasteiger partial charge is 0.322 e. The molecular weight excluding hydrogens is 384 g/mol. The summed E-state index contributed by atoms with van der Waals surface area (Å²) < 4.78 is 27.3. The Hall–Kier alpha value is -1.89. The molecule has 7 heteroatoms. The predicted molar refractivity (Wildman–Crippen MR) is 108 cm³/mol. The summed E-state index contributed by atoms with van der Waals surface area (Å²) in [5, 5.41) is 3.39. The topological polar surface area (TPSA) is 66.5 Å². The molecule has 1 N–H and O–H groups in total. The van der Waals surface area contributed by atoms with Gasteiger partial charge in [-0.15, -0.1) is 0 Å². The van der Waals surface area contributed by atoms with Crippen LogP contribution in [-0.2, 0) is 10.0 Å². The minimum atomic E-state index is -3.54. The number of rotatable bonds is 4. The number of amides is 1. The second-order valence-electron chi connectivity index (χ2n) is 6.85. The first kappa shape index (κ1) is 19.9. The molecule has 2 aromatic rings. The number of sulfonamides is 1. The summed E-state index contributed by atoms with van der Waals surface area (Å²) in [6, 6.07) is 11.4. The lowest BCUT2D eigenvalue weighted by atomic mass is 10.1. The molecule has 0 spiro atoms. The van der Waals surface area contributed by atoms with Gasteiger partial charge in [0.1, 0.15) is 0 Å². The Bertz CT molecular complexity index is 942. The van der Waals surface area contributed by atoms with E-state index < -0.39 is 10.0 Å². The van der Waals surface area contributed by atoms with Crippen molar-refractivity contribution in [3.05, 3.63) is 58.6 Å². The number of nitrogens with one attached hydrogen (secondary N) is 1. The summed E-state index contributed by atoms with van der Waals surface area (Å²) in [6.07, 6.45) is 2.80. The van der Waals surface area contributed by atoms with Crippen molar-refractivity contribution in [1.82, 2.24) is 4.31 Å². The predicted octanol–water partition coefficient (Wildman–Crippen LogP) is 4.46. The zero-order chi connectivity index (χ0) is 19.6. The molecule has 27 heavy (non-hydrogen) atoms. The average Bonchev–Trinajstić information content (AvgIpc) is 2.65. The molecule has 0 saturated carbocycles. The zero-order valence-electron chi connectivity index (χ0n) is 15.4. The van der Waals surface area contributed by atoms with Gasteiger partial charge < -0.3 is 5.32 Å². The summed E-state index contributed by atoms with van der Waals surface area (Å²) in [5.74, 6) is -0.310. The lowest BCUT2D eigenvalue weighted by molar-refractivity contribution is 0.102. The first-order valence-electron chi connectivity index (χ1n) is 8.99. The molecule has 0 radical (unpaired) electrons. The molecule has 1 saturated heterocycles. The highest BCUT2D eigenvalue weighted by molar-refractivity contribution is 7.89. The highest BCUT2D eigenvalue weighted by atomic mass is 35.5. The number of carbonyl (C=O) groups is 1. The Morgan fingerprint density at radius 3 is 2.52 bits per heavy atom. The molecular formula is C20H23ClN2O3S. The van der Waals surface area contributed by atoms with Gasteiger partial charge in [-0.3, -0.25) is 4.79 Å². The smallest absolute Gasteiger partial charge is 0.255 e. The van der Waals surface area contributed by atoms with Crippen molar-refractivity contribution in [3.63, 3.8) is 0 Å². The fraction of sp³-hybridized carbons (Fsp3) is 0.350. The van der Waals surface area contributed by atoms with E-state index >= 15 is 0 Å². The third-order valence-electron chi connectivity index (χ3n) is 4.98. The van der Waals surface area contributed by atoms with Crippen molar-refractivity contribution in [3.8, 4) is 0 Å². The fourth-order valence-electron chi connectivity index (χ4n) is 3.28. The Morgan fingerprint density at radius 2 is 1.85 bits per heavy atom. The summed E-state index contributed by atoms with van der Waals surface area (Å²) in [5.41, 5.74) is 1.80. The van der Waals surface area contributed by atoms with Gasteiger partial charge in [0.05, 0.1) is 4.90 Å². The Kier molecular flexibility index (Phi) is 5.89. The van der Waals surface area contributed by atoms with Gasteiger partial charge in [0.25, 0.3) is 5.91 Å².